The van der Waals surface area contributed by atoms with Gasteiger partial charge in [0.25, 0.3) is 5.91 Å². The van der Waals surface area contributed by atoms with Gasteiger partial charge in [-0.1, -0.05) is 72.8 Å². The van der Waals surface area contributed by atoms with Crippen LogP contribution >= 0.6 is 0 Å². The number of piperazine rings is 1. The molecule has 1 heterocycles. The topological polar surface area (TPSA) is 85.7 Å². The molecule has 0 aliphatic carbocycles. The van der Waals surface area contributed by atoms with Crippen molar-refractivity contribution in [3.8, 4) is 6.07 Å². The molecule has 1 amide bonds. The number of hydrogen-bond acceptors (Lipinski definition) is 6. The number of hydrogen-bond donors (Lipinski definition) is 1. The van der Waals surface area contributed by atoms with Crippen LogP contribution in [0.3, 0.4) is 0 Å². The number of nitrogens with zero attached hydrogens (tertiary/aromatic N) is 3. The fraction of sp³-hybridized carbons (Fsp3) is 0.207. The number of nitriles is 1. The number of nitrogens with one attached hydrogen (secondary N) is 1. The number of anilines is 1. The van der Waals surface area contributed by atoms with Crippen molar-refractivity contribution in [2.45, 2.75) is 6.04 Å². The Balaban J connectivity index is 1.46. The molecule has 1 N–H and O–H groups in total. The highest BCUT2D eigenvalue weighted by atomic mass is 16.5. The van der Waals surface area contributed by atoms with Crippen molar-refractivity contribution >= 4 is 17.6 Å². The molecule has 1 fully saturated rings. The molecule has 4 rings (SSSR count). The molecule has 1 saturated heterocycles. The van der Waals surface area contributed by atoms with Gasteiger partial charge < -0.3 is 15.0 Å². The molecule has 1 aliphatic heterocycles. The van der Waals surface area contributed by atoms with E-state index in [2.05, 4.69) is 58.7 Å². The molecular formula is C29H28N4O3. The number of carbonyl (C=O) groups excluding carboxylic acids is 2. The van der Waals surface area contributed by atoms with E-state index in [1.54, 1.807) is 30.5 Å². The highest BCUT2D eigenvalue weighted by Crippen LogP contribution is 2.29. The van der Waals surface area contributed by atoms with Gasteiger partial charge in [0.15, 0.2) is 0 Å². The van der Waals surface area contributed by atoms with Gasteiger partial charge in [0.05, 0.1) is 24.4 Å². The van der Waals surface area contributed by atoms with Crippen LogP contribution in [0.2, 0.25) is 0 Å². The molecular weight excluding hydrogens is 452 g/mol. The summed E-state index contributed by atoms with van der Waals surface area (Å²) in [7, 11) is 1.28. The van der Waals surface area contributed by atoms with Gasteiger partial charge in [-0.25, -0.2) is 4.79 Å². The van der Waals surface area contributed by atoms with E-state index in [1.165, 1.54) is 18.2 Å². The maximum atomic E-state index is 12.8. The number of methoxy groups -OCH3 is 1. The maximum absolute atomic E-state index is 12.8. The summed E-state index contributed by atoms with van der Waals surface area (Å²) in [6, 6.07) is 29.5. The molecule has 1 aliphatic rings. The lowest BCUT2D eigenvalue weighted by Crippen LogP contribution is -2.46. The molecule has 0 aromatic heterocycles. The van der Waals surface area contributed by atoms with E-state index in [0.29, 0.717) is 18.8 Å². The van der Waals surface area contributed by atoms with Gasteiger partial charge in [-0.15, -0.1) is 0 Å². The van der Waals surface area contributed by atoms with Crippen LogP contribution in [0.5, 0.6) is 0 Å². The minimum Gasteiger partial charge on any atom is -0.465 e. The molecule has 0 spiro atoms. The molecule has 0 atom stereocenters. The summed E-state index contributed by atoms with van der Waals surface area (Å²) in [5, 5.41) is 12.3. The Morgan fingerprint density at radius 3 is 2.00 bits per heavy atom. The number of benzene rings is 3. The van der Waals surface area contributed by atoms with E-state index in [0.717, 1.165) is 13.1 Å². The highest BCUT2D eigenvalue weighted by molar-refractivity contribution is 6.09. The van der Waals surface area contributed by atoms with Crippen LogP contribution in [0.1, 0.15) is 27.5 Å². The summed E-state index contributed by atoms with van der Waals surface area (Å²) in [6.45, 7) is 2.90. The van der Waals surface area contributed by atoms with E-state index in [4.69, 9.17) is 4.74 Å². The predicted molar refractivity (Wildman–Crippen MR) is 138 cm³/mol. The molecule has 182 valence electrons. The summed E-state index contributed by atoms with van der Waals surface area (Å²) in [4.78, 5) is 29.2. The van der Waals surface area contributed by atoms with Gasteiger partial charge in [0.1, 0.15) is 11.6 Å². The van der Waals surface area contributed by atoms with Crippen LogP contribution in [-0.4, -0.2) is 55.0 Å². The second-order valence-electron chi connectivity index (χ2n) is 8.44. The standard InChI is InChI=1S/C29H28N4O3/c1-36-29(35)25-14-8-9-15-26(25)31-28(34)24(20-30)21-32-16-18-33(19-17-32)27(22-10-4-2-5-11-22)23-12-6-3-7-13-23/h2-15,21,27H,16-19H2,1H3,(H,31,34)/b24-21-. The molecule has 0 radical (unpaired) electrons. The van der Waals surface area contributed by atoms with Gasteiger partial charge in [0, 0.05) is 32.4 Å². The maximum Gasteiger partial charge on any atom is 0.339 e. The molecule has 3 aromatic rings. The lowest BCUT2D eigenvalue weighted by Gasteiger charge is -2.39. The van der Waals surface area contributed by atoms with Crippen molar-refractivity contribution in [3.63, 3.8) is 0 Å². The zero-order valence-electron chi connectivity index (χ0n) is 20.1. The van der Waals surface area contributed by atoms with Gasteiger partial charge in [-0.3, -0.25) is 9.69 Å². The average Bonchev–Trinajstić information content (AvgIpc) is 2.93. The van der Waals surface area contributed by atoms with Crippen molar-refractivity contribution in [1.29, 1.82) is 5.26 Å². The summed E-state index contributed by atoms with van der Waals surface area (Å²) < 4.78 is 4.78. The van der Waals surface area contributed by atoms with Crippen LogP contribution in [-0.2, 0) is 9.53 Å². The third kappa shape index (κ3) is 5.80. The number of rotatable bonds is 7. The monoisotopic (exact) mass is 480 g/mol. The van der Waals surface area contributed by atoms with Crippen LogP contribution in [0.15, 0.2) is 96.7 Å². The quantitative estimate of drug-likeness (QED) is 0.310. The van der Waals surface area contributed by atoms with Crippen molar-refractivity contribution in [3.05, 3.63) is 113 Å². The van der Waals surface area contributed by atoms with Gasteiger partial charge in [-0.2, -0.15) is 5.26 Å². The van der Waals surface area contributed by atoms with Crippen molar-refractivity contribution in [2.75, 3.05) is 38.6 Å². The van der Waals surface area contributed by atoms with Crippen LogP contribution in [0.25, 0.3) is 0 Å². The highest BCUT2D eigenvalue weighted by Gasteiger charge is 2.26. The number of carbonyl (C=O) groups is 2. The van der Waals surface area contributed by atoms with E-state index < -0.39 is 11.9 Å². The summed E-state index contributed by atoms with van der Waals surface area (Å²) >= 11 is 0. The molecule has 7 nitrogen and oxygen atoms in total. The number of ether oxygens (including phenoxy) is 1. The van der Waals surface area contributed by atoms with E-state index in [9.17, 15) is 14.9 Å². The summed E-state index contributed by atoms with van der Waals surface area (Å²) in [6.07, 6.45) is 1.60. The molecule has 0 bridgehead atoms. The second-order valence-corrected chi connectivity index (χ2v) is 8.44. The van der Waals surface area contributed by atoms with Crippen LogP contribution < -0.4 is 5.32 Å². The van der Waals surface area contributed by atoms with E-state index in [1.807, 2.05) is 23.1 Å². The minimum absolute atomic E-state index is 0.0224. The SMILES string of the molecule is COC(=O)c1ccccc1NC(=O)/C(C#N)=C\N1CCN(C(c2ccccc2)c2ccccc2)CC1. The van der Waals surface area contributed by atoms with Crippen molar-refractivity contribution < 1.29 is 14.3 Å². The lowest BCUT2D eigenvalue weighted by molar-refractivity contribution is -0.112. The van der Waals surface area contributed by atoms with Crippen LogP contribution in [0, 0.1) is 11.3 Å². The largest absolute Gasteiger partial charge is 0.465 e. The number of para-hydroxylation sites is 1. The smallest absolute Gasteiger partial charge is 0.339 e. The Bertz CT molecular complexity index is 1220. The van der Waals surface area contributed by atoms with Crippen LogP contribution in [0.4, 0.5) is 5.69 Å². The fourth-order valence-corrected chi connectivity index (χ4v) is 4.40. The Labute approximate surface area is 211 Å². The fourth-order valence-electron chi connectivity index (χ4n) is 4.40. The van der Waals surface area contributed by atoms with Gasteiger partial charge >= 0.3 is 5.97 Å². The number of esters is 1. The Morgan fingerprint density at radius 2 is 1.44 bits per heavy atom. The Kier molecular flexibility index (Phi) is 8.12. The molecule has 3 aromatic carbocycles. The Hall–Kier alpha value is -4.41. The molecule has 36 heavy (non-hydrogen) atoms. The lowest BCUT2D eigenvalue weighted by atomic mass is 9.96. The first-order valence-electron chi connectivity index (χ1n) is 11.8. The van der Waals surface area contributed by atoms with E-state index in [-0.39, 0.29) is 17.2 Å². The molecule has 0 saturated carbocycles. The second kappa shape index (κ2) is 11.8. The first kappa shape index (κ1) is 24.7. The normalized spacial score (nSPS) is 14.2. The van der Waals surface area contributed by atoms with Crippen molar-refractivity contribution in [2.24, 2.45) is 0 Å². The predicted octanol–water partition coefficient (Wildman–Crippen LogP) is 4.23. The Morgan fingerprint density at radius 1 is 0.889 bits per heavy atom. The van der Waals surface area contributed by atoms with E-state index >= 15 is 0 Å². The molecule has 7 heteroatoms. The summed E-state index contributed by atoms with van der Waals surface area (Å²) in [5.74, 6) is -1.13. The summed E-state index contributed by atoms with van der Waals surface area (Å²) in [5.41, 5.74) is 2.97. The van der Waals surface area contributed by atoms with Crippen molar-refractivity contribution in [1.82, 2.24) is 9.80 Å². The first-order chi connectivity index (χ1) is 17.6. The zero-order valence-corrected chi connectivity index (χ0v) is 20.1. The third-order valence-corrected chi connectivity index (χ3v) is 6.20. The number of amides is 1. The minimum atomic E-state index is -0.567. The van der Waals surface area contributed by atoms with Gasteiger partial charge in [-0.05, 0) is 23.3 Å². The third-order valence-electron chi connectivity index (χ3n) is 6.20. The average molecular weight is 481 g/mol. The first-order valence-corrected chi connectivity index (χ1v) is 11.8. The zero-order chi connectivity index (χ0) is 25.3. The molecule has 0 unspecified atom stereocenters. The van der Waals surface area contributed by atoms with Gasteiger partial charge in [0.2, 0.25) is 0 Å².